The van der Waals surface area contributed by atoms with Gasteiger partial charge in [0.25, 0.3) is 5.91 Å². The Bertz CT molecular complexity index is 944. The summed E-state index contributed by atoms with van der Waals surface area (Å²) >= 11 is 1.65. The average molecular weight is 475 g/mol. The molecule has 2 heterocycles. The minimum Gasteiger partial charge on any atom is -0.430 e. The zero-order chi connectivity index (χ0) is 23.0. The molecule has 0 fully saturated rings. The largest absolute Gasteiger partial charge is 0.430 e. The van der Waals surface area contributed by atoms with Crippen molar-refractivity contribution in [1.82, 2.24) is 15.3 Å². The van der Waals surface area contributed by atoms with Crippen LogP contribution >= 0.6 is 11.8 Å². The van der Waals surface area contributed by atoms with E-state index in [4.69, 9.17) is 4.42 Å². The number of thioether (sulfide) groups is 1. The van der Waals surface area contributed by atoms with Gasteiger partial charge in [-0.3, -0.25) is 9.78 Å². The van der Waals surface area contributed by atoms with Gasteiger partial charge >= 0.3 is 6.01 Å². The van der Waals surface area contributed by atoms with Crippen molar-refractivity contribution in [2.75, 3.05) is 29.6 Å². The Kier molecular flexibility index (Phi) is 9.29. The number of rotatable bonds is 12. The molecule has 0 aromatic carbocycles. The Morgan fingerprint density at radius 2 is 2.03 bits per heavy atom. The molecule has 174 valence electrons. The fourth-order valence-electron chi connectivity index (χ4n) is 2.80. The molecule has 2 aromatic rings. The van der Waals surface area contributed by atoms with Gasteiger partial charge in [0.2, 0.25) is 10.0 Å². The van der Waals surface area contributed by atoms with Gasteiger partial charge in [-0.05, 0) is 49.0 Å². The fourth-order valence-corrected chi connectivity index (χ4v) is 3.63. The van der Waals surface area contributed by atoms with Crippen LogP contribution in [0.25, 0.3) is 0 Å². The Morgan fingerprint density at radius 3 is 2.65 bits per heavy atom. The molecule has 0 spiro atoms. The number of nitrogens with one attached hydrogen (secondary N) is 1. The van der Waals surface area contributed by atoms with Crippen LogP contribution in [0.2, 0.25) is 0 Å². The number of nitrogens with zero attached hydrogens (tertiary/aromatic N) is 3. The Morgan fingerprint density at radius 1 is 1.35 bits per heavy atom. The second-order valence-electron chi connectivity index (χ2n) is 7.08. The quantitative estimate of drug-likeness (QED) is 0.382. The highest BCUT2D eigenvalue weighted by Gasteiger charge is 2.29. The minimum atomic E-state index is -3.60. The number of aliphatic hydroxyl groups is 2. The Balaban J connectivity index is 0.00000512. The molecule has 3 unspecified atom stereocenters. The second kappa shape index (κ2) is 11.5. The topological polar surface area (TPSA) is 146 Å². The molecule has 0 saturated carbocycles. The number of carbonyl (C=O) groups excluding carboxylic acids is 1. The van der Waals surface area contributed by atoms with Crippen LogP contribution in [-0.2, 0) is 16.4 Å². The van der Waals surface area contributed by atoms with Crippen molar-refractivity contribution in [3.63, 3.8) is 0 Å². The van der Waals surface area contributed by atoms with E-state index in [1.807, 2.05) is 6.26 Å². The number of carbonyl (C=O) groups is 1. The van der Waals surface area contributed by atoms with Crippen molar-refractivity contribution in [2.45, 2.75) is 37.5 Å². The summed E-state index contributed by atoms with van der Waals surface area (Å²) in [4.78, 5) is 20.6. The summed E-state index contributed by atoms with van der Waals surface area (Å²) in [6.45, 7) is 0. The van der Waals surface area contributed by atoms with E-state index < -0.39 is 34.2 Å². The monoisotopic (exact) mass is 474 g/mol. The standard InChI is InChI=1S/C19H28N4O6S2.H2/c1-23(31(3,27)28)19-22-15(12-29-19)18(26)21-14(11-13-6-8-20-9-7-13)17(25)16(24)5-4-10-30-2;/h6-9,12,14,16-17,24-25H,4-5,10-11H2,1-3H3,(H,21,26);1H. The third-order valence-corrected chi connectivity index (χ3v) is 6.52. The van der Waals surface area contributed by atoms with E-state index in [1.54, 1.807) is 36.3 Å². The van der Waals surface area contributed by atoms with Gasteiger partial charge in [-0.25, -0.2) is 12.7 Å². The Labute approximate surface area is 187 Å². The van der Waals surface area contributed by atoms with E-state index in [9.17, 15) is 23.4 Å². The second-order valence-corrected chi connectivity index (χ2v) is 10.1. The number of oxazole rings is 1. The highest BCUT2D eigenvalue weighted by atomic mass is 32.2. The highest BCUT2D eigenvalue weighted by Crippen LogP contribution is 2.17. The summed E-state index contributed by atoms with van der Waals surface area (Å²) in [5.74, 6) is 0.187. The van der Waals surface area contributed by atoms with E-state index in [0.29, 0.717) is 6.42 Å². The number of aliphatic hydroxyl groups excluding tert-OH is 2. The van der Waals surface area contributed by atoms with Crippen molar-refractivity contribution in [2.24, 2.45) is 0 Å². The number of anilines is 1. The summed E-state index contributed by atoms with van der Waals surface area (Å²) in [6.07, 6.45) is 6.30. The van der Waals surface area contributed by atoms with Gasteiger partial charge in [-0.15, -0.1) is 0 Å². The third-order valence-electron chi connectivity index (χ3n) is 4.67. The summed E-state index contributed by atoms with van der Waals surface area (Å²) in [5.41, 5.74) is 0.669. The van der Waals surface area contributed by atoms with Gasteiger partial charge < -0.3 is 19.9 Å². The van der Waals surface area contributed by atoms with Crippen LogP contribution in [-0.4, -0.2) is 78.1 Å². The van der Waals surface area contributed by atoms with Crippen LogP contribution in [0.4, 0.5) is 6.01 Å². The molecule has 3 N–H and O–H groups in total. The van der Waals surface area contributed by atoms with Gasteiger partial charge in [0.15, 0.2) is 5.69 Å². The minimum absolute atomic E-state index is 0. The van der Waals surface area contributed by atoms with Crippen LogP contribution in [0.5, 0.6) is 0 Å². The molecule has 0 aliphatic heterocycles. The first kappa shape index (κ1) is 25.1. The maximum atomic E-state index is 12.7. The lowest BCUT2D eigenvalue weighted by Crippen LogP contribution is -2.50. The number of hydrogen-bond acceptors (Lipinski definition) is 9. The van der Waals surface area contributed by atoms with E-state index in [1.165, 1.54) is 7.05 Å². The number of pyridine rings is 1. The lowest BCUT2D eigenvalue weighted by molar-refractivity contribution is -0.00735. The van der Waals surface area contributed by atoms with Crippen molar-refractivity contribution in [3.8, 4) is 0 Å². The predicted octanol–water partition coefficient (Wildman–Crippen LogP) is 0.917. The first-order valence-electron chi connectivity index (χ1n) is 9.57. The highest BCUT2D eigenvalue weighted by molar-refractivity contribution is 7.98. The number of aromatic nitrogens is 2. The Hall–Kier alpha value is -2.15. The smallest absolute Gasteiger partial charge is 0.311 e. The first-order chi connectivity index (χ1) is 14.6. The molecule has 1 amide bonds. The van der Waals surface area contributed by atoms with Crippen molar-refractivity contribution < 1.29 is 29.3 Å². The van der Waals surface area contributed by atoms with Crippen LogP contribution in [0.15, 0.2) is 35.2 Å². The van der Waals surface area contributed by atoms with Crippen LogP contribution in [0.1, 0.15) is 30.3 Å². The summed E-state index contributed by atoms with van der Waals surface area (Å²) in [5, 5.41) is 23.8. The summed E-state index contributed by atoms with van der Waals surface area (Å²) in [7, 11) is -2.35. The maximum Gasteiger partial charge on any atom is 0.311 e. The lowest BCUT2D eigenvalue weighted by Gasteiger charge is -2.27. The molecule has 0 radical (unpaired) electrons. The molecule has 0 aliphatic carbocycles. The molecule has 10 nitrogen and oxygen atoms in total. The molecular formula is C19H30N4O6S2. The van der Waals surface area contributed by atoms with Crippen molar-refractivity contribution in [1.29, 1.82) is 0 Å². The summed E-state index contributed by atoms with van der Waals surface area (Å²) in [6, 6.07) is 2.44. The lowest BCUT2D eigenvalue weighted by atomic mass is 9.96. The maximum absolute atomic E-state index is 12.7. The SMILES string of the molecule is CSCCCC(O)C(O)C(Cc1ccncc1)NC(=O)c1coc(N(C)S(C)(=O)=O)n1.[HH]. The average Bonchev–Trinajstić information content (AvgIpc) is 3.22. The zero-order valence-corrected chi connectivity index (χ0v) is 19.3. The van der Waals surface area contributed by atoms with Gasteiger partial charge in [-0.2, -0.15) is 16.7 Å². The predicted molar refractivity (Wildman–Crippen MR) is 121 cm³/mol. The van der Waals surface area contributed by atoms with Gasteiger partial charge in [0.05, 0.1) is 18.4 Å². The van der Waals surface area contributed by atoms with Gasteiger partial charge in [0.1, 0.15) is 12.4 Å². The van der Waals surface area contributed by atoms with Crippen molar-refractivity contribution in [3.05, 3.63) is 42.0 Å². The molecule has 2 rings (SSSR count). The van der Waals surface area contributed by atoms with Crippen LogP contribution < -0.4 is 9.62 Å². The molecule has 0 saturated heterocycles. The molecule has 0 bridgehead atoms. The van der Waals surface area contributed by atoms with Crippen LogP contribution in [0.3, 0.4) is 0 Å². The zero-order valence-electron chi connectivity index (χ0n) is 17.6. The number of amides is 1. The number of hydrogen-bond donors (Lipinski definition) is 3. The van der Waals surface area contributed by atoms with Gasteiger partial charge in [-0.1, -0.05) is 0 Å². The molecule has 3 atom stereocenters. The molecule has 0 aliphatic rings. The molecule has 2 aromatic heterocycles. The normalized spacial score (nSPS) is 14.6. The third kappa shape index (κ3) is 7.49. The molecule has 12 heteroatoms. The van der Waals surface area contributed by atoms with E-state index >= 15 is 0 Å². The van der Waals surface area contributed by atoms with E-state index in [-0.39, 0.29) is 19.6 Å². The van der Waals surface area contributed by atoms with Crippen LogP contribution in [0, 0.1) is 0 Å². The van der Waals surface area contributed by atoms with Gasteiger partial charge in [0, 0.05) is 20.9 Å². The molecular weight excluding hydrogens is 444 g/mol. The van der Waals surface area contributed by atoms with Crippen molar-refractivity contribution >= 4 is 33.7 Å². The summed E-state index contributed by atoms with van der Waals surface area (Å²) < 4.78 is 29.2. The van der Waals surface area contributed by atoms with E-state index in [2.05, 4.69) is 15.3 Å². The first-order valence-corrected chi connectivity index (χ1v) is 12.8. The molecule has 31 heavy (non-hydrogen) atoms. The fraction of sp³-hybridized carbons (Fsp3) is 0.526. The number of sulfonamides is 1. The van der Waals surface area contributed by atoms with E-state index in [0.717, 1.165) is 34.6 Å².